The molecule has 0 unspecified atom stereocenters. The molecule has 0 N–H and O–H groups in total. The average Bonchev–Trinajstić information content (AvgIpc) is 2.93. The van der Waals surface area contributed by atoms with Gasteiger partial charge in [-0.3, -0.25) is 9.78 Å². The molecule has 1 amide bonds. The molecule has 0 fully saturated rings. The number of anilines is 1. The van der Waals surface area contributed by atoms with E-state index in [4.69, 9.17) is 0 Å². The summed E-state index contributed by atoms with van der Waals surface area (Å²) in [4.78, 5) is 18.0. The van der Waals surface area contributed by atoms with E-state index in [1.54, 1.807) is 13.1 Å². The highest BCUT2D eigenvalue weighted by Crippen LogP contribution is 2.36. The number of fused-ring (bicyclic) bond motifs is 1. The van der Waals surface area contributed by atoms with Crippen molar-refractivity contribution in [1.29, 1.82) is 0 Å². The Hall–Kier alpha value is -2.16. The maximum atomic E-state index is 11.8. The molecule has 0 aliphatic carbocycles. The number of amides is 1. The first-order valence-corrected chi connectivity index (χ1v) is 7.55. The largest absolute Gasteiger partial charge is 0.312 e. The van der Waals surface area contributed by atoms with Gasteiger partial charge in [-0.25, -0.2) is 0 Å². The lowest BCUT2D eigenvalue weighted by Gasteiger charge is -2.19. The number of pyridine rings is 1. The minimum Gasteiger partial charge on any atom is -0.312 e. The molecule has 0 saturated carbocycles. The second-order valence-corrected chi connectivity index (χ2v) is 5.56. The summed E-state index contributed by atoms with van der Waals surface area (Å²) < 4.78 is 0. The van der Waals surface area contributed by atoms with Crippen molar-refractivity contribution in [3.05, 3.63) is 47.8 Å². The van der Waals surface area contributed by atoms with E-state index >= 15 is 0 Å². The van der Waals surface area contributed by atoms with E-state index in [0.717, 1.165) is 37.1 Å². The topological polar surface area (TPSA) is 33.2 Å². The smallest absolute Gasteiger partial charge is 0.223 e. The summed E-state index contributed by atoms with van der Waals surface area (Å²) in [7, 11) is 0. The van der Waals surface area contributed by atoms with Gasteiger partial charge < -0.3 is 4.90 Å². The molecular formula is C18H20N2O. The van der Waals surface area contributed by atoms with Crippen molar-refractivity contribution in [3.63, 3.8) is 0 Å². The molecule has 21 heavy (non-hydrogen) atoms. The Balaban J connectivity index is 2.12. The van der Waals surface area contributed by atoms with E-state index in [1.807, 2.05) is 17.2 Å². The molecule has 1 aromatic carbocycles. The van der Waals surface area contributed by atoms with Gasteiger partial charge in [-0.05, 0) is 47.7 Å². The van der Waals surface area contributed by atoms with Crippen LogP contribution in [-0.4, -0.2) is 17.4 Å². The molecule has 0 radical (unpaired) electrons. The van der Waals surface area contributed by atoms with Gasteiger partial charge in [0.1, 0.15) is 0 Å². The second-order valence-electron chi connectivity index (χ2n) is 5.56. The molecule has 3 rings (SSSR count). The van der Waals surface area contributed by atoms with Crippen molar-refractivity contribution in [2.75, 3.05) is 11.4 Å². The fourth-order valence-corrected chi connectivity index (χ4v) is 3.12. The Morgan fingerprint density at radius 2 is 2.19 bits per heavy atom. The van der Waals surface area contributed by atoms with E-state index in [9.17, 15) is 4.79 Å². The van der Waals surface area contributed by atoms with E-state index in [0.29, 0.717) is 0 Å². The summed E-state index contributed by atoms with van der Waals surface area (Å²) in [5, 5.41) is 0. The Kier molecular flexibility index (Phi) is 3.74. The van der Waals surface area contributed by atoms with Crippen LogP contribution in [0.5, 0.6) is 0 Å². The predicted molar refractivity (Wildman–Crippen MR) is 85.4 cm³/mol. The number of rotatable bonds is 3. The minimum absolute atomic E-state index is 0.139. The summed E-state index contributed by atoms with van der Waals surface area (Å²) >= 11 is 0. The second kappa shape index (κ2) is 5.68. The monoisotopic (exact) mass is 280 g/mol. The number of aromatic nitrogens is 1. The lowest BCUT2D eigenvalue weighted by Crippen LogP contribution is -2.26. The lowest BCUT2D eigenvalue weighted by atomic mass is 9.96. The first-order valence-electron chi connectivity index (χ1n) is 7.55. The van der Waals surface area contributed by atoms with Crippen LogP contribution in [0.15, 0.2) is 36.7 Å². The van der Waals surface area contributed by atoms with Gasteiger partial charge in [-0.1, -0.05) is 19.4 Å². The quantitative estimate of drug-likeness (QED) is 0.860. The number of hydrogen-bond donors (Lipinski definition) is 0. The molecule has 0 saturated heterocycles. The van der Waals surface area contributed by atoms with Crippen LogP contribution in [0.2, 0.25) is 0 Å². The fraction of sp³-hybridized carbons (Fsp3) is 0.333. The third-order valence-electron chi connectivity index (χ3n) is 4.04. The molecular weight excluding hydrogens is 260 g/mol. The Bertz CT molecular complexity index is 664. The van der Waals surface area contributed by atoms with Gasteiger partial charge in [-0.2, -0.15) is 0 Å². The van der Waals surface area contributed by atoms with Gasteiger partial charge in [0, 0.05) is 31.4 Å². The summed E-state index contributed by atoms with van der Waals surface area (Å²) in [6.45, 7) is 4.63. The van der Waals surface area contributed by atoms with Crippen LogP contribution in [0.4, 0.5) is 5.69 Å². The molecule has 0 spiro atoms. The SMILES string of the molecule is CCCc1cc(-c2cccnc2)cc2c1N(C(C)=O)CC2. The van der Waals surface area contributed by atoms with Crippen molar-refractivity contribution in [2.24, 2.45) is 0 Å². The van der Waals surface area contributed by atoms with Crippen molar-refractivity contribution >= 4 is 11.6 Å². The van der Waals surface area contributed by atoms with Crippen LogP contribution in [0.25, 0.3) is 11.1 Å². The van der Waals surface area contributed by atoms with Crippen LogP contribution in [0.3, 0.4) is 0 Å². The van der Waals surface area contributed by atoms with E-state index in [1.165, 1.54) is 16.7 Å². The summed E-state index contributed by atoms with van der Waals surface area (Å²) in [5.74, 6) is 0.139. The van der Waals surface area contributed by atoms with Crippen LogP contribution in [0, 0.1) is 0 Å². The zero-order valence-corrected chi connectivity index (χ0v) is 12.6. The molecule has 0 bridgehead atoms. The van der Waals surface area contributed by atoms with Crippen LogP contribution in [0.1, 0.15) is 31.4 Å². The highest BCUT2D eigenvalue weighted by Gasteiger charge is 2.25. The van der Waals surface area contributed by atoms with Crippen molar-refractivity contribution in [1.82, 2.24) is 4.98 Å². The van der Waals surface area contributed by atoms with Gasteiger partial charge in [0.2, 0.25) is 5.91 Å². The number of hydrogen-bond acceptors (Lipinski definition) is 2. The molecule has 0 atom stereocenters. The van der Waals surface area contributed by atoms with Gasteiger partial charge >= 0.3 is 0 Å². The standard InChI is InChI=1S/C18H20N2O/c1-3-5-14-10-17(16-6-4-8-19-12-16)11-15-7-9-20(13(2)21)18(14)15/h4,6,8,10-12H,3,5,7,9H2,1-2H3. The molecule has 3 heteroatoms. The van der Waals surface area contributed by atoms with Crippen LogP contribution >= 0.6 is 0 Å². The first-order chi connectivity index (χ1) is 10.2. The number of benzene rings is 1. The lowest BCUT2D eigenvalue weighted by molar-refractivity contribution is -0.116. The van der Waals surface area contributed by atoms with E-state index in [-0.39, 0.29) is 5.91 Å². The van der Waals surface area contributed by atoms with Crippen molar-refractivity contribution < 1.29 is 4.79 Å². The van der Waals surface area contributed by atoms with Crippen molar-refractivity contribution in [2.45, 2.75) is 33.1 Å². The molecule has 1 aliphatic rings. The highest BCUT2D eigenvalue weighted by molar-refractivity contribution is 5.95. The Labute approximate surface area is 125 Å². The third kappa shape index (κ3) is 2.56. The number of carbonyl (C=O) groups excluding carboxylic acids is 1. The normalized spacial score (nSPS) is 13.3. The summed E-state index contributed by atoms with van der Waals surface area (Å²) in [6.07, 6.45) is 6.71. The maximum absolute atomic E-state index is 11.8. The molecule has 2 aromatic rings. The average molecular weight is 280 g/mol. The first kappa shape index (κ1) is 13.8. The molecule has 3 nitrogen and oxygen atoms in total. The fourth-order valence-electron chi connectivity index (χ4n) is 3.12. The van der Waals surface area contributed by atoms with Gasteiger partial charge in [0.15, 0.2) is 0 Å². The minimum atomic E-state index is 0.139. The van der Waals surface area contributed by atoms with Gasteiger partial charge in [-0.15, -0.1) is 0 Å². The van der Waals surface area contributed by atoms with E-state index in [2.05, 4.69) is 30.1 Å². The Morgan fingerprint density at radius 3 is 2.86 bits per heavy atom. The summed E-state index contributed by atoms with van der Waals surface area (Å²) in [6, 6.07) is 8.49. The highest BCUT2D eigenvalue weighted by atomic mass is 16.2. The number of nitrogens with zero attached hydrogens (tertiary/aromatic N) is 2. The zero-order chi connectivity index (χ0) is 14.8. The van der Waals surface area contributed by atoms with E-state index < -0.39 is 0 Å². The third-order valence-corrected chi connectivity index (χ3v) is 4.04. The molecule has 2 heterocycles. The van der Waals surface area contributed by atoms with Crippen LogP contribution < -0.4 is 4.90 Å². The van der Waals surface area contributed by atoms with Crippen molar-refractivity contribution in [3.8, 4) is 11.1 Å². The number of aryl methyl sites for hydroxylation is 1. The van der Waals surface area contributed by atoms with Crippen LogP contribution in [-0.2, 0) is 17.6 Å². The van der Waals surface area contributed by atoms with Gasteiger partial charge in [0.25, 0.3) is 0 Å². The molecule has 108 valence electrons. The van der Waals surface area contributed by atoms with Gasteiger partial charge in [0.05, 0.1) is 5.69 Å². The maximum Gasteiger partial charge on any atom is 0.223 e. The zero-order valence-electron chi connectivity index (χ0n) is 12.6. The Morgan fingerprint density at radius 1 is 1.33 bits per heavy atom. The predicted octanol–water partition coefficient (Wildman–Crippen LogP) is 3.61. The number of carbonyl (C=O) groups is 1. The molecule has 1 aliphatic heterocycles. The summed E-state index contributed by atoms with van der Waals surface area (Å²) in [5.41, 5.74) is 6.06. The molecule has 1 aromatic heterocycles.